The third-order valence-electron chi connectivity index (χ3n) is 4.51. The van der Waals surface area contributed by atoms with E-state index in [0.717, 1.165) is 63.6 Å². The zero-order chi connectivity index (χ0) is 16.2. The molecular weight excluding hydrogens is 292 g/mol. The van der Waals surface area contributed by atoms with Gasteiger partial charge in [-0.2, -0.15) is 0 Å². The number of aromatic nitrogens is 2. The molecule has 126 valence electrons. The summed E-state index contributed by atoms with van der Waals surface area (Å²) in [5, 5.41) is 5.92. The molecule has 1 aliphatic heterocycles. The molecule has 6 heteroatoms. The predicted molar refractivity (Wildman–Crippen MR) is 87.5 cm³/mol. The summed E-state index contributed by atoms with van der Waals surface area (Å²) >= 11 is 0. The fourth-order valence-electron chi connectivity index (χ4n) is 3.04. The molecule has 3 rings (SSSR count). The number of hydrogen-bond acceptors (Lipinski definition) is 3. The number of unbranched alkanes of at least 4 members (excludes halogenated alkanes) is 2. The average Bonchev–Trinajstić information content (AvgIpc) is 3.28. The van der Waals surface area contributed by atoms with Crippen molar-refractivity contribution >= 4 is 11.8 Å². The van der Waals surface area contributed by atoms with Gasteiger partial charge in [0, 0.05) is 19.1 Å². The Morgan fingerprint density at radius 1 is 1.22 bits per heavy atom. The summed E-state index contributed by atoms with van der Waals surface area (Å²) < 4.78 is 1.94. The molecule has 2 amide bonds. The van der Waals surface area contributed by atoms with Crippen molar-refractivity contribution in [2.45, 2.75) is 70.9 Å². The van der Waals surface area contributed by atoms with Gasteiger partial charge in [-0.25, -0.2) is 4.98 Å². The summed E-state index contributed by atoms with van der Waals surface area (Å²) in [6.45, 7) is 3.58. The minimum absolute atomic E-state index is 0.122. The van der Waals surface area contributed by atoms with E-state index in [1.807, 2.05) is 4.57 Å². The lowest BCUT2D eigenvalue weighted by atomic mass is 10.1. The summed E-state index contributed by atoms with van der Waals surface area (Å²) in [6, 6.07) is 0.301. The van der Waals surface area contributed by atoms with Gasteiger partial charge >= 0.3 is 0 Å². The van der Waals surface area contributed by atoms with Gasteiger partial charge in [-0.1, -0.05) is 19.8 Å². The van der Waals surface area contributed by atoms with Gasteiger partial charge in [0.25, 0.3) is 11.8 Å². The molecule has 0 spiro atoms. The average molecular weight is 318 g/mol. The van der Waals surface area contributed by atoms with Crippen molar-refractivity contribution < 1.29 is 9.59 Å². The van der Waals surface area contributed by atoms with Gasteiger partial charge < -0.3 is 15.2 Å². The fourth-order valence-corrected chi connectivity index (χ4v) is 3.04. The van der Waals surface area contributed by atoms with Crippen molar-refractivity contribution in [2.75, 3.05) is 6.54 Å². The minimum atomic E-state index is -0.158. The third-order valence-corrected chi connectivity index (χ3v) is 4.51. The first-order chi connectivity index (χ1) is 11.2. The van der Waals surface area contributed by atoms with Crippen LogP contribution in [0.4, 0.5) is 0 Å². The summed E-state index contributed by atoms with van der Waals surface area (Å²) in [7, 11) is 0. The molecule has 0 aromatic carbocycles. The number of nitrogens with zero attached hydrogens (tertiary/aromatic N) is 2. The normalized spacial score (nSPS) is 16.7. The van der Waals surface area contributed by atoms with E-state index in [0.29, 0.717) is 24.1 Å². The number of fused-ring (bicyclic) bond motifs is 1. The van der Waals surface area contributed by atoms with Gasteiger partial charge in [0.05, 0.1) is 5.69 Å². The molecule has 0 bridgehead atoms. The van der Waals surface area contributed by atoms with Gasteiger partial charge in [0.1, 0.15) is 5.69 Å². The molecule has 0 saturated heterocycles. The lowest BCUT2D eigenvalue weighted by Gasteiger charge is -2.17. The first-order valence-corrected chi connectivity index (χ1v) is 8.89. The maximum atomic E-state index is 12.4. The van der Waals surface area contributed by atoms with Crippen LogP contribution in [-0.2, 0) is 13.0 Å². The Labute approximate surface area is 137 Å². The van der Waals surface area contributed by atoms with Crippen LogP contribution in [0, 0.1) is 0 Å². The number of rotatable bonds is 7. The van der Waals surface area contributed by atoms with E-state index in [1.54, 1.807) is 0 Å². The van der Waals surface area contributed by atoms with Crippen molar-refractivity contribution in [1.82, 2.24) is 20.2 Å². The number of hydrogen-bond donors (Lipinski definition) is 2. The zero-order valence-corrected chi connectivity index (χ0v) is 13.9. The molecule has 2 N–H and O–H groups in total. The standard InChI is InChI=1S/C17H26N4O2/c1-2-3-5-10-18-17(23)15-20-14(16(22)19-12-8-9-12)13-7-4-6-11-21(13)15/h12H,2-11H2,1H3,(H,18,23)(H,19,22). The number of amides is 2. The molecule has 1 fully saturated rings. The summed E-state index contributed by atoms with van der Waals surface area (Å²) in [6.07, 6.45) is 8.21. The Balaban J connectivity index is 1.75. The van der Waals surface area contributed by atoms with Crippen LogP contribution in [0.3, 0.4) is 0 Å². The molecule has 1 aromatic rings. The monoisotopic (exact) mass is 318 g/mol. The SMILES string of the molecule is CCCCCNC(=O)c1nc(C(=O)NC2CC2)c2n1CCCC2. The Kier molecular flexibility index (Phi) is 4.98. The maximum absolute atomic E-state index is 12.4. The number of imidazole rings is 1. The molecule has 23 heavy (non-hydrogen) atoms. The Hall–Kier alpha value is -1.85. The molecule has 2 aliphatic rings. The van der Waals surface area contributed by atoms with Crippen LogP contribution in [-0.4, -0.2) is 34.0 Å². The van der Waals surface area contributed by atoms with Gasteiger partial charge in [0.2, 0.25) is 0 Å². The second-order valence-corrected chi connectivity index (χ2v) is 6.55. The molecule has 1 saturated carbocycles. The van der Waals surface area contributed by atoms with Crippen molar-refractivity contribution in [3.8, 4) is 0 Å². The predicted octanol–water partition coefficient (Wildman–Crippen LogP) is 2.03. The van der Waals surface area contributed by atoms with Gasteiger partial charge in [0.15, 0.2) is 5.82 Å². The first-order valence-electron chi connectivity index (χ1n) is 8.89. The smallest absolute Gasteiger partial charge is 0.287 e. The summed E-state index contributed by atoms with van der Waals surface area (Å²) in [5.74, 6) is 0.120. The number of carbonyl (C=O) groups excluding carboxylic acids is 2. The Morgan fingerprint density at radius 2 is 2.04 bits per heavy atom. The molecule has 0 radical (unpaired) electrons. The lowest BCUT2D eigenvalue weighted by Crippen LogP contribution is -2.28. The van der Waals surface area contributed by atoms with E-state index in [4.69, 9.17) is 0 Å². The van der Waals surface area contributed by atoms with Gasteiger partial charge in [-0.15, -0.1) is 0 Å². The molecular formula is C17H26N4O2. The number of carbonyl (C=O) groups is 2. The lowest BCUT2D eigenvalue weighted by molar-refractivity contribution is 0.0937. The van der Waals surface area contributed by atoms with Crippen LogP contribution in [0.5, 0.6) is 0 Å². The molecule has 1 aromatic heterocycles. The fraction of sp³-hybridized carbons (Fsp3) is 0.706. The largest absolute Gasteiger partial charge is 0.349 e. The quantitative estimate of drug-likeness (QED) is 0.755. The van der Waals surface area contributed by atoms with Gasteiger partial charge in [-0.05, 0) is 38.5 Å². The zero-order valence-electron chi connectivity index (χ0n) is 13.9. The van der Waals surface area contributed by atoms with Gasteiger partial charge in [-0.3, -0.25) is 9.59 Å². The minimum Gasteiger partial charge on any atom is -0.349 e. The molecule has 6 nitrogen and oxygen atoms in total. The van der Waals surface area contributed by atoms with Crippen molar-refractivity contribution in [3.05, 3.63) is 17.2 Å². The third kappa shape index (κ3) is 3.74. The van der Waals surface area contributed by atoms with E-state index in [-0.39, 0.29) is 11.8 Å². The highest BCUT2D eigenvalue weighted by Gasteiger charge is 2.30. The second kappa shape index (κ2) is 7.15. The van der Waals surface area contributed by atoms with E-state index in [2.05, 4.69) is 22.5 Å². The highest BCUT2D eigenvalue weighted by molar-refractivity contribution is 5.97. The van der Waals surface area contributed by atoms with Crippen molar-refractivity contribution in [1.29, 1.82) is 0 Å². The van der Waals surface area contributed by atoms with Crippen LogP contribution in [0.2, 0.25) is 0 Å². The van der Waals surface area contributed by atoms with E-state index in [9.17, 15) is 9.59 Å². The van der Waals surface area contributed by atoms with E-state index in [1.165, 1.54) is 0 Å². The van der Waals surface area contributed by atoms with Crippen molar-refractivity contribution in [2.24, 2.45) is 0 Å². The second-order valence-electron chi connectivity index (χ2n) is 6.55. The van der Waals surface area contributed by atoms with E-state index < -0.39 is 0 Å². The molecule has 0 atom stereocenters. The van der Waals surface area contributed by atoms with E-state index >= 15 is 0 Å². The number of nitrogens with one attached hydrogen (secondary N) is 2. The van der Waals surface area contributed by atoms with Crippen molar-refractivity contribution in [3.63, 3.8) is 0 Å². The Bertz CT molecular complexity index is 590. The maximum Gasteiger partial charge on any atom is 0.287 e. The topological polar surface area (TPSA) is 76.0 Å². The molecule has 0 unspecified atom stereocenters. The summed E-state index contributed by atoms with van der Waals surface area (Å²) in [4.78, 5) is 29.2. The Morgan fingerprint density at radius 3 is 2.78 bits per heavy atom. The highest BCUT2D eigenvalue weighted by Crippen LogP contribution is 2.23. The van der Waals surface area contributed by atoms with Crippen LogP contribution in [0.1, 0.15) is 78.7 Å². The first kappa shape index (κ1) is 16.0. The van der Waals surface area contributed by atoms with Crippen LogP contribution in [0.25, 0.3) is 0 Å². The van der Waals surface area contributed by atoms with Crippen LogP contribution >= 0.6 is 0 Å². The van der Waals surface area contributed by atoms with Crippen LogP contribution in [0.15, 0.2) is 0 Å². The highest BCUT2D eigenvalue weighted by atomic mass is 16.2. The summed E-state index contributed by atoms with van der Waals surface area (Å²) in [5.41, 5.74) is 1.38. The molecule has 2 heterocycles. The molecule has 1 aliphatic carbocycles. The van der Waals surface area contributed by atoms with Crippen LogP contribution < -0.4 is 10.6 Å².